The predicted octanol–water partition coefficient (Wildman–Crippen LogP) is 4.36. The number of rotatable bonds is 4. The van der Waals surface area contributed by atoms with E-state index in [1.165, 1.54) is 18.2 Å². The molecule has 0 atom stereocenters. The zero-order valence-corrected chi connectivity index (χ0v) is 14.4. The maximum absolute atomic E-state index is 12.1. The van der Waals surface area contributed by atoms with Gasteiger partial charge in [0, 0.05) is 22.2 Å². The predicted molar refractivity (Wildman–Crippen MR) is 94.0 cm³/mol. The molecule has 0 bridgehead atoms. The van der Waals surface area contributed by atoms with Crippen molar-refractivity contribution < 1.29 is 9.72 Å². The molecular weight excluding hydrogens is 353 g/mol. The standard InChI is InChI=1S/C16H13Cl2N3O3/c1-9-3-4-11(7-15(9)21(23)24)10(2)19-20-16(22)13-6-5-12(17)8-14(13)18/h3-8H,1-2H3,(H,20,22). The zero-order chi connectivity index (χ0) is 17.9. The number of halogens is 2. The quantitative estimate of drug-likeness (QED) is 0.496. The highest BCUT2D eigenvalue weighted by atomic mass is 35.5. The van der Waals surface area contributed by atoms with Gasteiger partial charge in [0.25, 0.3) is 11.6 Å². The van der Waals surface area contributed by atoms with Gasteiger partial charge >= 0.3 is 0 Å². The number of nitrogens with zero attached hydrogens (tertiary/aromatic N) is 2. The molecule has 124 valence electrons. The molecule has 0 aliphatic rings. The summed E-state index contributed by atoms with van der Waals surface area (Å²) in [5.41, 5.74) is 4.11. The number of carbonyl (C=O) groups is 1. The summed E-state index contributed by atoms with van der Waals surface area (Å²) in [7, 11) is 0. The third-order valence-electron chi connectivity index (χ3n) is 3.32. The fraction of sp³-hybridized carbons (Fsp3) is 0.125. The minimum absolute atomic E-state index is 0.00544. The molecule has 0 radical (unpaired) electrons. The van der Waals surface area contributed by atoms with Crippen LogP contribution in [0.1, 0.15) is 28.4 Å². The Morgan fingerprint density at radius 2 is 1.92 bits per heavy atom. The number of amides is 1. The molecule has 0 heterocycles. The number of hydrogen-bond donors (Lipinski definition) is 1. The average molecular weight is 366 g/mol. The summed E-state index contributed by atoms with van der Waals surface area (Å²) in [6, 6.07) is 9.23. The van der Waals surface area contributed by atoms with Crippen LogP contribution in [0.3, 0.4) is 0 Å². The molecule has 8 heteroatoms. The van der Waals surface area contributed by atoms with Crippen molar-refractivity contribution in [1.29, 1.82) is 0 Å². The summed E-state index contributed by atoms with van der Waals surface area (Å²) in [6.45, 7) is 3.29. The summed E-state index contributed by atoms with van der Waals surface area (Å²) in [5.74, 6) is -0.502. The van der Waals surface area contributed by atoms with Gasteiger partial charge in [-0.25, -0.2) is 5.43 Å². The molecule has 0 aromatic heterocycles. The first-order valence-corrected chi connectivity index (χ1v) is 7.60. The summed E-state index contributed by atoms with van der Waals surface area (Å²) in [4.78, 5) is 22.6. The number of nitro groups is 1. The van der Waals surface area contributed by atoms with Gasteiger partial charge in [-0.3, -0.25) is 14.9 Å². The molecule has 1 amide bonds. The molecule has 0 saturated carbocycles. The second-order valence-electron chi connectivity index (χ2n) is 5.02. The first-order valence-electron chi connectivity index (χ1n) is 6.84. The Balaban J connectivity index is 2.21. The highest BCUT2D eigenvalue weighted by Gasteiger charge is 2.13. The molecule has 24 heavy (non-hydrogen) atoms. The Hall–Kier alpha value is -2.44. The highest BCUT2D eigenvalue weighted by molar-refractivity contribution is 6.36. The van der Waals surface area contributed by atoms with E-state index in [2.05, 4.69) is 10.5 Å². The number of carbonyl (C=O) groups excluding carboxylic acids is 1. The van der Waals surface area contributed by atoms with Crippen LogP contribution in [0, 0.1) is 17.0 Å². The van der Waals surface area contributed by atoms with E-state index >= 15 is 0 Å². The van der Waals surface area contributed by atoms with Crippen LogP contribution in [0.15, 0.2) is 41.5 Å². The van der Waals surface area contributed by atoms with Gasteiger partial charge in [0.15, 0.2) is 0 Å². The maximum atomic E-state index is 12.1. The second-order valence-corrected chi connectivity index (χ2v) is 5.86. The molecule has 2 aromatic carbocycles. The molecular formula is C16H13Cl2N3O3. The lowest BCUT2D eigenvalue weighted by molar-refractivity contribution is -0.385. The number of nitro benzene ring substituents is 1. The van der Waals surface area contributed by atoms with Gasteiger partial charge in [0.05, 0.1) is 21.2 Å². The lowest BCUT2D eigenvalue weighted by atomic mass is 10.1. The fourth-order valence-electron chi connectivity index (χ4n) is 1.96. The van der Waals surface area contributed by atoms with E-state index < -0.39 is 10.8 Å². The van der Waals surface area contributed by atoms with Crippen LogP contribution in [0.4, 0.5) is 5.69 Å². The van der Waals surface area contributed by atoms with Crippen LogP contribution in [-0.4, -0.2) is 16.5 Å². The van der Waals surface area contributed by atoms with Gasteiger partial charge in [-0.2, -0.15) is 5.10 Å². The normalized spacial score (nSPS) is 11.2. The number of hydrogen-bond acceptors (Lipinski definition) is 4. The van der Waals surface area contributed by atoms with Crippen molar-refractivity contribution in [3.05, 3.63) is 73.2 Å². The molecule has 0 saturated heterocycles. The maximum Gasteiger partial charge on any atom is 0.272 e. The first-order chi connectivity index (χ1) is 11.3. The Labute approximate surface area is 148 Å². The molecule has 0 spiro atoms. The fourth-order valence-corrected chi connectivity index (χ4v) is 2.46. The number of benzene rings is 2. The topological polar surface area (TPSA) is 84.6 Å². The van der Waals surface area contributed by atoms with E-state index in [4.69, 9.17) is 23.2 Å². The molecule has 0 unspecified atom stereocenters. The van der Waals surface area contributed by atoms with E-state index in [0.717, 1.165) is 0 Å². The monoisotopic (exact) mass is 365 g/mol. The Morgan fingerprint density at radius 3 is 2.54 bits per heavy atom. The smallest absolute Gasteiger partial charge is 0.267 e. The van der Waals surface area contributed by atoms with Crippen LogP contribution in [0.25, 0.3) is 0 Å². The van der Waals surface area contributed by atoms with Gasteiger partial charge < -0.3 is 0 Å². The molecule has 1 N–H and O–H groups in total. The summed E-state index contributed by atoms with van der Waals surface area (Å²) in [6.07, 6.45) is 0. The van der Waals surface area contributed by atoms with Crippen molar-refractivity contribution in [3.8, 4) is 0 Å². The van der Waals surface area contributed by atoms with Crippen LogP contribution in [0.2, 0.25) is 10.0 Å². The van der Waals surface area contributed by atoms with Gasteiger partial charge in [0.2, 0.25) is 0 Å². The minimum Gasteiger partial charge on any atom is -0.267 e. The second kappa shape index (κ2) is 7.42. The average Bonchev–Trinajstić information content (AvgIpc) is 2.52. The molecule has 0 aliphatic heterocycles. The number of nitrogens with one attached hydrogen (secondary N) is 1. The molecule has 0 fully saturated rings. The van der Waals surface area contributed by atoms with E-state index in [1.54, 1.807) is 32.0 Å². The van der Waals surface area contributed by atoms with Crippen molar-refractivity contribution in [2.24, 2.45) is 5.10 Å². The van der Waals surface area contributed by atoms with Gasteiger partial charge in [-0.1, -0.05) is 35.3 Å². The summed E-state index contributed by atoms with van der Waals surface area (Å²) in [5, 5.41) is 15.6. The van der Waals surface area contributed by atoms with Crippen LogP contribution < -0.4 is 5.43 Å². The summed E-state index contributed by atoms with van der Waals surface area (Å²) < 4.78 is 0. The van der Waals surface area contributed by atoms with Crippen molar-refractivity contribution in [2.75, 3.05) is 0 Å². The highest BCUT2D eigenvalue weighted by Crippen LogP contribution is 2.21. The lowest BCUT2D eigenvalue weighted by Gasteiger charge is -2.06. The van der Waals surface area contributed by atoms with Crippen molar-refractivity contribution >= 4 is 40.5 Å². The first kappa shape index (κ1) is 17.9. The van der Waals surface area contributed by atoms with E-state index in [1.807, 2.05) is 0 Å². The van der Waals surface area contributed by atoms with E-state index in [9.17, 15) is 14.9 Å². The van der Waals surface area contributed by atoms with Crippen molar-refractivity contribution in [3.63, 3.8) is 0 Å². The molecule has 6 nitrogen and oxygen atoms in total. The van der Waals surface area contributed by atoms with Gasteiger partial charge in [0.1, 0.15) is 0 Å². The minimum atomic E-state index is -0.502. The SMILES string of the molecule is CC(=NNC(=O)c1ccc(Cl)cc1Cl)c1ccc(C)c([N+](=O)[O-])c1. The molecule has 0 aliphatic carbocycles. The Morgan fingerprint density at radius 1 is 1.21 bits per heavy atom. The third-order valence-corrected chi connectivity index (χ3v) is 3.87. The molecule has 2 aromatic rings. The van der Waals surface area contributed by atoms with E-state index in [0.29, 0.717) is 21.9 Å². The summed E-state index contributed by atoms with van der Waals surface area (Å²) >= 11 is 11.7. The van der Waals surface area contributed by atoms with Crippen LogP contribution in [-0.2, 0) is 0 Å². The Kier molecular flexibility index (Phi) is 5.54. The largest absolute Gasteiger partial charge is 0.272 e. The van der Waals surface area contributed by atoms with Crippen molar-refractivity contribution in [2.45, 2.75) is 13.8 Å². The van der Waals surface area contributed by atoms with Gasteiger partial charge in [-0.05, 0) is 32.0 Å². The number of hydrazone groups is 1. The van der Waals surface area contributed by atoms with Crippen LogP contribution >= 0.6 is 23.2 Å². The third kappa shape index (κ3) is 4.10. The molecule has 2 rings (SSSR count). The zero-order valence-electron chi connectivity index (χ0n) is 12.8. The van der Waals surface area contributed by atoms with E-state index in [-0.39, 0.29) is 16.3 Å². The Bertz CT molecular complexity index is 850. The van der Waals surface area contributed by atoms with Crippen LogP contribution in [0.5, 0.6) is 0 Å². The number of aryl methyl sites for hydroxylation is 1. The van der Waals surface area contributed by atoms with Crippen molar-refractivity contribution in [1.82, 2.24) is 5.43 Å². The van der Waals surface area contributed by atoms with Gasteiger partial charge in [-0.15, -0.1) is 0 Å². The lowest BCUT2D eigenvalue weighted by Crippen LogP contribution is -2.19.